The molecule has 0 aromatic heterocycles. The average Bonchev–Trinajstić information content (AvgIpc) is 2.58. The molecule has 0 saturated heterocycles. The van der Waals surface area contributed by atoms with Crippen molar-refractivity contribution in [1.29, 1.82) is 0 Å². The summed E-state index contributed by atoms with van der Waals surface area (Å²) in [5.74, 6) is 0.841. The molecule has 5 heteroatoms. The average molecular weight is 361 g/mol. The summed E-state index contributed by atoms with van der Waals surface area (Å²) in [6.45, 7) is 4.37. The van der Waals surface area contributed by atoms with Crippen molar-refractivity contribution in [1.82, 2.24) is 0 Å². The van der Waals surface area contributed by atoms with Gasteiger partial charge in [-0.1, -0.05) is 29.8 Å². The molecule has 0 bridgehead atoms. The van der Waals surface area contributed by atoms with Gasteiger partial charge in [0.05, 0.1) is 12.7 Å². The third kappa shape index (κ3) is 3.90. The molecule has 0 radical (unpaired) electrons. The van der Waals surface area contributed by atoms with Gasteiger partial charge >= 0.3 is 5.97 Å². The molecule has 1 aliphatic rings. The van der Waals surface area contributed by atoms with E-state index in [1.165, 1.54) is 7.11 Å². The maximum atomic E-state index is 12.2. The highest BCUT2D eigenvalue weighted by molar-refractivity contribution is 6.31. The molecule has 1 heterocycles. The molecule has 0 saturated carbocycles. The van der Waals surface area contributed by atoms with Gasteiger partial charge in [-0.15, -0.1) is 0 Å². The van der Waals surface area contributed by atoms with E-state index in [1.807, 2.05) is 44.2 Å². The fourth-order valence-corrected chi connectivity index (χ4v) is 3.09. The highest BCUT2D eigenvalue weighted by Crippen LogP contribution is 2.38. The minimum absolute atomic E-state index is 0.276. The first-order chi connectivity index (χ1) is 11.9. The molecule has 0 amide bonds. The zero-order valence-electron chi connectivity index (χ0n) is 14.6. The lowest BCUT2D eigenvalue weighted by molar-refractivity contribution is 0.0583. The molecule has 3 rings (SSSR count). The van der Waals surface area contributed by atoms with Crippen LogP contribution in [0.25, 0.3) is 0 Å². The van der Waals surface area contributed by atoms with Gasteiger partial charge in [-0.3, -0.25) is 0 Å². The zero-order valence-corrected chi connectivity index (χ0v) is 15.4. The van der Waals surface area contributed by atoms with Crippen LogP contribution in [0.2, 0.25) is 5.02 Å². The summed E-state index contributed by atoms with van der Waals surface area (Å²) in [5.41, 5.74) is 1.96. The number of methoxy groups -OCH3 is 1. The van der Waals surface area contributed by atoms with Crippen LogP contribution in [0.3, 0.4) is 0 Å². The Morgan fingerprint density at radius 3 is 2.76 bits per heavy atom. The summed E-state index contributed by atoms with van der Waals surface area (Å²) < 4.78 is 16.8. The predicted octanol–water partition coefficient (Wildman–Crippen LogP) is 4.81. The zero-order chi connectivity index (χ0) is 18.0. The number of benzene rings is 2. The molecule has 0 fully saturated rings. The van der Waals surface area contributed by atoms with Gasteiger partial charge in [-0.05, 0) is 38.8 Å². The lowest BCUT2D eigenvalue weighted by Gasteiger charge is -2.33. The van der Waals surface area contributed by atoms with Crippen LogP contribution in [0.4, 0.5) is 0 Å². The molecule has 2 aromatic rings. The third-order valence-corrected chi connectivity index (χ3v) is 4.67. The highest BCUT2D eigenvalue weighted by Gasteiger charge is 2.30. The maximum Gasteiger partial charge on any atom is 0.338 e. The fourth-order valence-electron chi connectivity index (χ4n) is 2.90. The van der Waals surface area contributed by atoms with E-state index in [1.54, 1.807) is 6.07 Å². The second-order valence-corrected chi connectivity index (χ2v) is 7.09. The third-order valence-electron chi connectivity index (χ3n) is 4.30. The Kier molecular flexibility index (Phi) is 4.91. The van der Waals surface area contributed by atoms with Gasteiger partial charge in [0.15, 0.2) is 0 Å². The fraction of sp³-hybridized carbons (Fsp3) is 0.350. The van der Waals surface area contributed by atoms with Crippen molar-refractivity contribution >= 4 is 17.6 Å². The first kappa shape index (κ1) is 17.6. The van der Waals surface area contributed by atoms with Crippen LogP contribution < -0.4 is 9.47 Å². The van der Waals surface area contributed by atoms with Crippen LogP contribution >= 0.6 is 11.6 Å². The van der Waals surface area contributed by atoms with Crippen molar-refractivity contribution < 1.29 is 19.0 Å². The first-order valence-electron chi connectivity index (χ1n) is 8.20. The Bertz CT molecular complexity index is 798. The van der Waals surface area contributed by atoms with E-state index >= 15 is 0 Å². The molecule has 4 nitrogen and oxygen atoms in total. The number of hydrogen-bond donors (Lipinski definition) is 0. The van der Waals surface area contributed by atoms with Gasteiger partial charge < -0.3 is 14.2 Å². The van der Waals surface area contributed by atoms with Gasteiger partial charge in [0, 0.05) is 22.2 Å². The summed E-state index contributed by atoms with van der Waals surface area (Å²) in [7, 11) is 1.37. The van der Waals surface area contributed by atoms with Crippen LogP contribution in [0.5, 0.6) is 11.5 Å². The molecule has 132 valence electrons. The molecular formula is C20H21ClO4. The van der Waals surface area contributed by atoms with Gasteiger partial charge in [0.25, 0.3) is 0 Å². The minimum atomic E-state index is -0.386. The van der Waals surface area contributed by atoms with Crippen molar-refractivity contribution in [3.63, 3.8) is 0 Å². The number of fused-ring (bicyclic) bond motifs is 1. The number of carbonyl (C=O) groups excluding carboxylic acids is 1. The number of hydrogen-bond acceptors (Lipinski definition) is 4. The second-order valence-electron chi connectivity index (χ2n) is 6.68. The Morgan fingerprint density at radius 2 is 2.04 bits per heavy atom. The molecule has 0 N–H and O–H groups in total. The van der Waals surface area contributed by atoms with E-state index in [-0.39, 0.29) is 11.6 Å². The van der Waals surface area contributed by atoms with Crippen LogP contribution in [-0.2, 0) is 17.8 Å². The van der Waals surface area contributed by atoms with E-state index in [0.29, 0.717) is 28.7 Å². The normalized spacial score (nSPS) is 15.0. The van der Waals surface area contributed by atoms with Crippen molar-refractivity contribution in [2.24, 2.45) is 0 Å². The summed E-state index contributed by atoms with van der Waals surface area (Å²) >= 11 is 6.17. The lowest BCUT2D eigenvalue weighted by atomic mass is 9.91. The molecular weight excluding hydrogens is 340 g/mol. The summed E-state index contributed by atoms with van der Waals surface area (Å²) in [5, 5.41) is 0.644. The Labute approximate surface area is 152 Å². The highest BCUT2D eigenvalue weighted by atomic mass is 35.5. The van der Waals surface area contributed by atoms with Crippen molar-refractivity contribution in [3.05, 3.63) is 58.1 Å². The first-order valence-corrected chi connectivity index (χ1v) is 8.58. The van der Waals surface area contributed by atoms with E-state index in [2.05, 4.69) is 0 Å². The van der Waals surface area contributed by atoms with E-state index < -0.39 is 0 Å². The largest absolute Gasteiger partial charge is 0.489 e. The van der Waals surface area contributed by atoms with E-state index in [9.17, 15) is 4.79 Å². The summed E-state index contributed by atoms with van der Waals surface area (Å²) in [6, 6.07) is 11.0. The number of esters is 1. The molecule has 2 aromatic carbocycles. The van der Waals surface area contributed by atoms with Gasteiger partial charge in [-0.2, -0.15) is 0 Å². The van der Waals surface area contributed by atoms with E-state index in [0.717, 1.165) is 24.0 Å². The molecule has 0 atom stereocenters. The van der Waals surface area contributed by atoms with Crippen LogP contribution in [0, 0.1) is 0 Å². The lowest BCUT2D eigenvalue weighted by Crippen LogP contribution is -2.33. The monoisotopic (exact) mass is 360 g/mol. The Morgan fingerprint density at radius 1 is 1.28 bits per heavy atom. The number of ether oxygens (including phenoxy) is 3. The molecule has 0 unspecified atom stereocenters. The molecule has 25 heavy (non-hydrogen) atoms. The predicted molar refractivity (Wildman–Crippen MR) is 96.6 cm³/mol. The van der Waals surface area contributed by atoms with Crippen LogP contribution in [-0.4, -0.2) is 18.7 Å². The van der Waals surface area contributed by atoms with Crippen molar-refractivity contribution in [3.8, 4) is 11.5 Å². The second kappa shape index (κ2) is 6.96. The Balaban J connectivity index is 1.92. The molecule has 0 spiro atoms. The standard InChI is InChI=1S/C20H21ClO4/c1-20(2)9-8-15-16(19(22)23-3)10-14(11-18(15)25-20)24-12-13-6-4-5-7-17(13)21/h4-7,10-11H,8-9,12H2,1-3H3. The van der Waals surface area contributed by atoms with Gasteiger partial charge in [-0.25, -0.2) is 4.79 Å². The van der Waals surface area contributed by atoms with Gasteiger partial charge in [0.2, 0.25) is 0 Å². The van der Waals surface area contributed by atoms with Gasteiger partial charge in [0.1, 0.15) is 23.7 Å². The molecule has 0 aliphatic carbocycles. The topological polar surface area (TPSA) is 44.8 Å². The van der Waals surface area contributed by atoms with Crippen molar-refractivity contribution in [2.75, 3.05) is 7.11 Å². The number of halogens is 1. The van der Waals surface area contributed by atoms with Crippen molar-refractivity contribution in [2.45, 2.75) is 38.9 Å². The SMILES string of the molecule is COC(=O)c1cc(OCc2ccccc2Cl)cc2c1CCC(C)(C)O2. The van der Waals surface area contributed by atoms with Crippen LogP contribution in [0.1, 0.15) is 41.8 Å². The number of rotatable bonds is 4. The smallest absolute Gasteiger partial charge is 0.338 e. The maximum absolute atomic E-state index is 12.2. The Hall–Kier alpha value is -2.20. The van der Waals surface area contributed by atoms with E-state index in [4.69, 9.17) is 25.8 Å². The quantitative estimate of drug-likeness (QED) is 0.734. The summed E-state index contributed by atoms with van der Waals surface area (Å²) in [6.07, 6.45) is 1.60. The van der Waals surface area contributed by atoms with Crippen LogP contribution in [0.15, 0.2) is 36.4 Å². The molecule has 1 aliphatic heterocycles. The number of carbonyl (C=O) groups is 1. The minimum Gasteiger partial charge on any atom is -0.489 e. The summed E-state index contributed by atoms with van der Waals surface area (Å²) in [4.78, 5) is 12.2.